The lowest BCUT2D eigenvalue weighted by molar-refractivity contribution is -0.143. The standard InChI is InChI=1S/C17H19N3O4S/c1-3-18-15(22)16(23)20(17(18)24)10-14(21)19-9-8-11(2)25-13-7-5-4-6-12(13)19/h4-7,11H,3,8-10H2,1-2H3/t11-/m1/s1. The van der Waals surface area contributed by atoms with Crippen LogP contribution in [0.5, 0.6) is 0 Å². The van der Waals surface area contributed by atoms with Crippen LogP contribution in [0.2, 0.25) is 0 Å². The summed E-state index contributed by atoms with van der Waals surface area (Å²) in [4.78, 5) is 53.0. The van der Waals surface area contributed by atoms with Gasteiger partial charge in [-0.3, -0.25) is 19.3 Å². The molecule has 25 heavy (non-hydrogen) atoms. The summed E-state index contributed by atoms with van der Waals surface area (Å²) in [5.41, 5.74) is 0.777. The number of hydrogen-bond donors (Lipinski definition) is 0. The Balaban J connectivity index is 1.83. The highest BCUT2D eigenvalue weighted by Gasteiger charge is 2.45. The van der Waals surface area contributed by atoms with Crippen molar-refractivity contribution in [3.05, 3.63) is 24.3 Å². The highest BCUT2D eigenvalue weighted by atomic mass is 32.2. The number of carbonyl (C=O) groups excluding carboxylic acids is 4. The van der Waals surface area contributed by atoms with Crippen molar-refractivity contribution in [2.75, 3.05) is 24.5 Å². The van der Waals surface area contributed by atoms with E-state index in [1.165, 1.54) is 0 Å². The zero-order valence-electron chi connectivity index (χ0n) is 14.1. The van der Waals surface area contributed by atoms with E-state index in [0.29, 0.717) is 11.8 Å². The number of nitrogens with zero attached hydrogens (tertiary/aromatic N) is 3. The second-order valence-corrected chi connectivity index (χ2v) is 7.43. The quantitative estimate of drug-likeness (QED) is 0.605. The van der Waals surface area contributed by atoms with Gasteiger partial charge in [0.1, 0.15) is 6.54 Å². The van der Waals surface area contributed by atoms with E-state index in [4.69, 9.17) is 0 Å². The number of rotatable bonds is 3. The maximum absolute atomic E-state index is 12.8. The van der Waals surface area contributed by atoms with Gasteiger partial charge in [0.25, 0.3) is 0 Å². The molecule has 1 aromatic rings. The van der Waals surface area contributed by atoms with Crippen LogP contribution in [0.4, 0.5) is 10.5 Å². The number of anilines is 1. The third-order valence-electron chi connectivity index (χ3n) is 4.29. The zero-order valence-corrected chi connectivity index (χ0v) is 14.9. The van der Waals surface area contributed by atoms with E-state index >= 15 is 0 Å². The van der Waals surface area contributed by atoms with Gasteiger partial charge in [-0.2, -0.15) is 0 Å². The van der Waals surface area contributed by atoms with Gasteiger partial charge in [-0.15, -0.1) is 11.8 Å². The number of hydrogen-bond acceptors (Lipinski definition) is 5. The second kappa shape index (κ2) is 6.87. The number of carbonyl (C=O) groups is 4. The highest BCUT2D eigenvalue weighted by molar-refractivity contribution is 8.00. The largest absolute Gasteiger partial charge is 0.334 e. The number of urea groups is 1. The fraction of sp³-hybridized carbons (Fsp3) is 0.412. The topological polar surface area (TPSA) is 78.0 Å². The van der Waals surface area contributed by atoms with Crippen molar-refractivity contribution < 1.29 is 19.2 Å². The van der Waals surface area contributed by atoms with Crippen LogP contribution in [-0.2, 0) is 14.4 Å². The first-order valence-electron chi connectivity index (χ1n) is 8.17. The molecule has 0 aromatic heterocycles. The minimum atomic E-state index is -0.939. The van der Waals surface area contributed by atoms with Crippen LogP contribution in [0.1, 0.15) is 20.3 Å². The lowest BCUT2D eigenvalue weighted by atomic mass is 10.2. The molecule has 2 aliphatic heterocycles. The maximum atomic E-state index is 12.8. The van der Waals surface area contributed by atoms with E-state index in [2.05, 4.69) is 6.92 Å². The molecule has 8 heteroatoms. The average Bonchev–Trinajstić information content (AvgIpc) is 2.73. The fourth-order valence-electron chi connectivity index (χ4n) is 2.94. The van der Waals surface area contributed by atoms with Gasteiger partial charge in [-0.25, -0.2) is 9.69 Å². The number of benzene rings is 1. The molecule has 0 N–H and O–H groups in total. The lowest BCUT2D eigenvalue weighted by Gasteiger charge is -2.24. The monoisotopic (exact) mass is 361 g/mol. The molecule has 0 spiro atoms. The second-order valence-electron chi connectivity index (χ2n) is 5.95. The van der Waals surface area contributed by atoms with Crippen LogP contribution in [-0.4, -0.2) is 58.4 Å². The van der Waals surface area contributed by atoms with Gasteiger partial charge < -0.3 is 4.90 Å². The van der Waals surface area contributed by atoms with Crippen molar-refractivity contribution >= 4 is 41.2 Å². The molecular weight excluding hydrogens is 342 g/mol. The summed E-state index contributed by atoms with van der Waals surface area (Å²) in [5.74, 6) is -2.18. The normalized spacial score (nSPS) is 20.8. The number of amides is 5. The van der Waals surface area contributed by atoms with Crippen molar-refractivity contribution in [1.29, 1.82) is 0 Å². The third kappa shape index (κ3) is 3.13. The Morgan fingerprint density at radius 3 is 2.52 bits per heavy atom. The summed E-state index contributed by atoms with van der Waals surface area (Å²) in [6.07, 6.45) is 0.799. The predicted molar refractivity (Wildman–Crippen MR) is 93.2 cm³/mol. The summed E-state index contributed by atoms with van der Waals surface area (Å²) in [6, 6.07) is 6.85. The Labute approximate surface area is 149 Å². The number of para-hydroxylation sites is 1. The minimum absolute atomic E-state index is 0.106. The van der Waals surface area contributed by atoms with Gasteiger partial charge in [0, 0.05) is 23.2 Å². The van der Waals surface area contributed by atoms with E-state index in [9.17, 15) is 19.2 Å². The molecule has 1 aromatic carbocycles. The molecule has 3 rings (SSSR count). The molecule has 0 radical (unpaired) electrons. The average molecular weight is 361 g/mol. The Kier molecular flexibility index (Phi) is 4.80. The van der Waals surface area contributed by atoms with E-state index in [0.717, 1.165) is 26.8 Å². The smallest absolute Gasteiger partial charge is 0.310 e. The molecule has 0 bridgehead atoms. The summed E-state index contributed by atoms with van der Waals surface area (Å²) in [5, 5.41) is 0.353. The Bertz CT molecular complexity index is 751. The molecule has 1 saturated heterocycles. The van der Waals surface area contributed by atoms with Crippen molar-refractivity contribution in [1.82, 2.24) is 9.80 Å². The van der Waals surface area contributed by atoms with Gasteiger partial charge >= 0.3 is 17.8 Å². The van der Waals surface area contributed by atoms with Crippen molar-refractivity contribution in [3.8, 4) is 0 Å². The summed E-state index contributed by atoms with van der Waals surface area (Å²) < 4.78 is 0. The van der Waals surface area contributed by atoms with Crippen LogP contribution < -0.4 is 4.90 Å². The Morgan fingerprint density at radius 1 is 1.16 bits per heavy atom. The molecule has 0 aliphatic carbocycles. The van der Waals surface area contributed by atoms with Crippen LogP contribution in [0.25, 0.3) is 0 Å². The van der Waals surface area contributed by atoms with E-state index in [1.807, 2.05) is 24.3 Å². The molecule has 5 amide bonds. The number of fused-ring (bicyclic) bond motifs is 1. The van der Waals surface area contributed by atoms with Crippen LogP contribution in [0, 0.1) is 0 Å². The van der Waals surface area contributed by atoms with E-state index < -0.39 is 24.4 Å². The summed E-state index contributed by atoms with van der Waals surface area (Å²) >= 11 is 1.70. The van der Waals surface area contributed by atoms with Crippen LogP contribution in [0.3, 0.4) is 0 Å². The molecule has 1 fully saturated rings. The van der Waals surface area contributed by atoms with Crippen molar-refractivity contribution in [2.45, 2.75) is 30.4 Å². The Morgan fingerprint density at radius 2 is 1.84 bits per heavy atom. The molecule has 2 aliphatic rings. The van der Waals surface area contributed by atoms with Crippen molar-refractivity contribution in [3.63, 3.8) is 0 Å². The van der Waals surface area contributed by atoms with Gasteiger partial charge in [0.05, 0.1) is 5.69 Å². The third-order valence-corrected chi connectivity index (χ3v) is 5.53. The van der Waals surface area contributed by atoms with E-state index in [1.54, 1.807) is 23.6 Å². The molecule has 0 unspecified atom stereocenters. The minimum Gasteiger partial charge on any atom is -0.310 e. The van der Waals surface area contributed by atoms with Gasteiger partial charge in [-0.05, 0) is 25.5 Å². The number of likely N-dealkylation sites (N-methyl/N-ethyl adjacent to an activating group) is 1. The SMILES string of the molecule is CCN1C(=O)C(=O)N(CC(=O)N2CC[C@@H](C)Sc3ccccc32)C1=O. The van der Waals surface area contributed by atoms with Gasteiger partial charge in [-0.1, -0.05) is 19.1 Å². The van der Waals surface area contributed by atoms with Gasteiger partial charge in [0.15, 0.2) is 0 Å². The number of thioether (sulfide) groups is 1. The van der Waals surface area contributed by atoms with Crippen LogP contribution >= 0.6 is 11.8 Å². The van der Waals surface area contributed by atoms with Crippen molar-refractivity contribution in [2.24, 2.45) is 0 Å². The maximum Gasteiger partial charge on any atom is 0.334 e. The number of imide groups is 2. The molecule has 2 heterocycles. The summed E-state index contributed by atoms with van der Waals surface area (Å²) in [6.45, 7) is 3.90. The first kappa shape index (κ1) is 17.5. The predicted octanol–water partition coefficient (Wildman–Crippen LogP) is 1.71. The zero-order chi connectivity index (χ0) is 18.1. The van der Waals surface area contributed by atoms with Crippen LogP contribution in [0.15, 0.2) is 29.2 Å². The fourth-order valence-corrected chi connectivity index (χ4v) is 4.05. The molecular formula is C17H19N3O4S. The first-order valence-corrected chi connectivity index (χ1v) is 9.05. The molecule has 132 valence electrons. The molecule has 1 atom stereocenters. The molecule has 7 nitrogen and oxygen atoms in total. The van der Waals surface area contributed by atoms with E-state index in [-0.39, 0.29) is 12.5 Å². The lowest BCUT2D eigenvalue weighted by Crippen LogP contribution is -2.44. The highest BCUT2D eigenvalue weighted by Crippen LogP contribution is 2.37. The summed E-state index contributed by atoms with van der Waals surface area (Å²) in [7, 11) is 0. The first-order chi connectivity index (χ1) is 11.9. The molecule has 0 saturated carbocycles. The Hall–Kier alpha value is -2.35. The van der Waals surface area contributed by atoms with Gasteiger partial charge in [0.2, 0.25) is 5.91 Å².